The fourth-order valence-corrected chi connectivity index (χ4v) is 9.82. The van der Waals surface area contributed by atoms with Crippen LogP contribution in [-0.2, 0) is 35.5 Å². The van der Waals surface area contributed by atoms with Gasteiger partial charge >= 0.3 is 0 Å². The van der Waals surface area contributed by atoms with E-state index in [4.69, 9.17) is 23.7 Å². The zero-order valence-corrected chi connectivity index (χ0v) is 53.4. The molecular formula is C63H67F3N20O10. The molecule has 3 fully saturated rings. The van der Waals surface area contributed by atoms with Crippen LogP contribution in [0.25, 0.3) is 34.2 Å². The van der Waals surface area contributed by atoms with E-state index in [-0.39, 0.29) is 81.0 Å². The number of benzene rings is 3. The summed E-state index contributed by atoms with van der Waals surface area (Å²) in [5.74, 6) is -2.81. The molecule has 0 bridgehead atoms. The molecule has 2 saturated carbocycles. The third-order valence-corrected chi connectivity index (χ3v) is 14.8. The molecule has 2 aliphatic carbocycles. The topological polar surface area (TPSA) is 359 Å². The Morgan fingerprint density at radius 1 is 0.500 bits per heavy atom. The Bertz CT molecular complexity index is 4380. The maximum Gasteiger partial charge on any atom is 0.271 e. The van der Waals surface area contributed by atoms with Gasteiger partial charge in [0.1, 0.15) is 42.0 Å². The molecule has 1 saturated heterocycles. The SMILES string of the molecule is CNC(=O)c1c(Nc2cccc(-c3ncn(C)n3)c2OC)cc(NC(=O)C2CC2)nc1F.CNC(=O)c1c(Nc2cccc(-c3ncn(C)n3)c2OC)cc(OC2CCOC2)nc1F.CNC(=O)c1nc(F)c(NC(=O)C2CC2)cc1Nc1cccc(-c2ncn(C)n2)c1OC. The number of para-hydroxylation sites is 3. The third kappa shape index (κ3) is 15.6. The van der Waals surface area contributed by atoms with Crippen LogP contribution < -0.4 is 61.5 Å². The van der Waals surface area contributed by atoms with Gasteiger partial charge in [-0.3, -0.25) is 38.0 Å². The molecule has 33 heteroatoms. The number of hydrogen-bond donors (Lipinski definition) is 8. The Kier molecular flexibility index (Phi) is 20.9. The first-order valence-electron chi connectivity index (χ1n) is 29.9. The minimum atomic E-state index is -1.01. The lowest BCUT2D eigenvalue weighted by atomic mass is 10.1. The van der Waals surface area contributed by atoms with Crippen molar-refractivity contribution < 1.29 is 60.8 Å². The number of carbonyl (C=O) groups is 5. The van der Waals surface area contributed by atoms with E-state index in [0.29, 0.717) is 88.1 Å². The highest BCUT2D eigenvalue weighted by Gasteiger charge is 2.33. The fraction of sp³-hybridized carbons (Fsp3) is 0.302. The van der Waals surface area contributed by atoms with Crippen molar-refractivity contribution in [3.63, 3.8) is 0 Å². The van der Waals surface area contributed by atoms with E-state index in [1.165, 1.54) is 60.7 Å². The molecule has 7 heterocycles. The van der Waals surface area contributed by atoms with Crippen molar-refractivity contribution in [1.29, 1.82) is 0 Å². The largest absolute Gasteiger partial charge is 0.494 e. The summed E-state index contributed by atoms with van der Waals surface area (Å²) in [4.78, 5) is 85.5. The van der Waals surface area contributed by atoms with E-state index in [1.54, 1.807) is 109 Å². The first-order chi connectivity index (χ1) is 46.3. The van der Waals surface area contributed by atoms with Crippen molar-refractivity contribution in [2.45, 2.75) is 38.2 Å². The van der Waals surface area contributed by atoms with Gasteiger partial charge in [-0.15, -0.1) is 0 Å². The number of aromatic nitrogens is 12. The zero-order chi connectivity index (χ0) is 68.3. The molecule has 5 amide bonds. The van der Waals surface area contributed by atoms with Gasteiger partial charge < -0.3 is 66.2 Å². The van der Waals surface area contributed by atoms with Gasteiger partial charge in [-0.2, -0.15) is 33.5 Å². The highest BCUT2D eigenvalue weighted by molar-refractivity contribution is 6.03. The molecule has 96 heavy (non-hydrogen) atoms. The Labute approximate surface area is 546 Å². The number of amides is 5. The monoisotopic (exact) mass is 1320 g/mol. The normalized spacial score (nSPS) is 13.7. The van der Waals surface area contributed by atoms with Crippen molar-refractivity contribution in [3.8, 4) is 57.3 Å². The van der Waals surface area contributed by atoms with Gasteiger partial charge in [0.2, 0.25) is 35.5 Å². The standard InChI is InChI=1S/2C21H22FN7O3.C21H23FN6O4/c1-23-21(31)16-14(9-15(26-18(16)22)27-20(30)11-7-8-11)25-13-6-4-5-12(17(13)32-3)19-24-10-29(2)28-19;1-23-21(31)16-14(9-15(18(22)27-16)26-20(30)11-7-8-11)25-13-6-4-5-12(17(13)32-3)19-24-10-29(2)28-19;1-23-21(29)17-15(9-16(26-19(17)22)32-12-7-8-31-10-12)25-14-6-4-5-13(18(14)30-3)20-24-11-28(2)27-20/h4-6,9-11H,7-8H2,1-3H3,(H,23,31)(H2,25,26,27,30);4-6,9-11,25H,7-8H2,1-3H3,(H,23,31)(H,26,30);4-6,9,11-12H,7-8,10H2,1-3H3,(H,23,29)(H,25,26). The average Bonchev–Trinajstić information content (AvgIpc) is 1.23. The Morgan fingerprint density at radius 2 is 0.938 bits per heavy atom. The summed E-state index contributed by atoms with van der Waals surface area (Å²) in [5, 5.41) is 34.6. The second-order valence-corrected chi connectivity index (χ2v) is 21.7. The molecule has 500 valence electrons. The predicted molar refractivity (Wildman–Crippen MR) is 344 cm³/mol. The maximum atomic E-state index is 14.9. The van der Waals surface area contributed by atoms with E-state index in [2.05, 4.69) is 87.7 Å². The van der Waals surface area contributed by atoms with Gasteiger partial charge in [0, 0.05) is 72.7 Å². The van der Waals surface area contributed by atoms with Gasteiger partial charge in [0.15, 0.2) is 40.4 Å². The van der Waals surface area contributed by atoms with Crippen LogP contribution in [-0.4, -0.2) is 151 Å². The van der Waals surface area contributed by atoms with Gasteiger partial charge in [0.25, 0.3) is 17.7 Å². The van der Waals surface area contributed by atoms with Crippen molar-refractivity contribution >= 4 is 75.2 Å². The molecule has 9 aromatic rings. The fourth-order valence-electron chi connectivity index (χ4n) is 9.82. The Balaban J connectivity index is 0.000000157. The van der Waals surface area contributed by atoms with Crippen LogP contribution in [0.5, 0.6) is 23.1 Å². The lowest BCUT2D eigenvalue weighted by Gasteiger charge is -2.18. The van der Waals surface area contributed by atoms with Gasteiger partial charge in [-0.05, 0) is 68.1 Å². The first kappa shape index (κ1) is 67.1. The molecule has 3 aliphatic rings. The number of nitrogens with zero attached hydrogens (tertiary/aromatic N) is 12. The second kappa shape index (κ2) is 29.9. The molecule has 8 N–H and O–H groups in total. The highest BCUT2D eigenvalue weighted by Crippen LogP contribution is 2.42. The molecule has 12 rings (SSSR count). The molecule has 0 spiro atoms. The number of nitrogens with one attached hydrogen (secondary N) is 8. The smallest absolute Gasteiger partial charge is 0.271 e. The number of carbonyl (C=O) groups excluding carboxylic acids is 5. The number of anilines is 8. The lowest BCUT2D eigenvalue weighted by Crippen LogP contribution is -2.23. The summed E-state index contributed by atoms with van der Waals surface area (Å²) in [6.07, 6.45) is 8.28. The summed E-state index contributed by atoms with van der Waals surface area (Å²) in [7, 11) is 14.0. The zero-order valence-electron chi connectivity index (χ0n) is 53.4. The quantitative estimate of drug-likeness (QED) is 0.0328. The number of methoxy groups -OCH3 is 3. The lowest BCUT2D eigenvalue weighted by molar-refractivity contribution is -0.118. The van der Waals surface area contributed by atoms with E-state index in [0.717, 1.165) is 25.7 Å². The van der Waals surface area contributed by atoms with Crippen molar-refractivity contribution in [2.75, 3.05) is 82.3 Å². The molecule has 6 aromatic heterocycles. The van der Waals surface area contributed by atoms with Crippen LogP contribution in [0.4, 0.5) is 58.8 Å². The number of aryl methyl sites for hydroxylation is 3. The van der Waals surface area contributed by atoms with Crippen LogP contribution in [0.3, 0.4) is 0 Å². The van der Waals surface area contributed by atoms with E-state index in [1.807, 2.05) is 0 Å². The molecule has 1 aliphatic heterocycles. The maximum absolute atomic E-state index is 14.9. The number of hydrogen-bond acceptors (Lipinski definition) is 22. The van der Waals surface area contributed by atoms with E-state index in [9.17, 15) is 37.1 Å². The van der Waals surface area contributed by atoms with Crippen LogP contribution in [0.15, 0.2) is 91.8 Å². The number of pyridine rings is 3. The van der Waals surface area contributed by atoms with Crippen LogP contribution >= 0.6 is 0 Å². The molecular weight excluding hydrogens is 1250 g/mol. The summed E-state index contributed by atoms with van der Waals surface area (Å²) in [6.45, 7) is 0.969. The summed E-state index contributed by atoms with van der Waals surface area (Å²) in [6, 6.07) is 20.1. The van der Waals surface area contributed by atoms with Gasteiger partial charge in [0.05, 0.1) is 91.0 Å². The van der Waals surface area contributed by atoms with Gasteiger partial charge in [-0.1, -0.05) is 18.2 Å². The molecule has 3 aromatic carbocycles. The van der Waals surface area contributed by atoms with Crippen molar-refractivity contribution in [1.82, 2.24) is 75.2 Å². The average molecular weight is 1320 g/mol. The predicted octanol–water partition coefficient (Wildman–Crippen LogP) is 7.25. The van der Waals surface area contributed by atoms with Crippen molar-refractivity contribution in [3.05, 3.63) is 126 Å². The summed E-state index contributed by atoms with van der Waals surface area (Å²) in [5.41, 5.74) is 2.96. The van der Waals surface area contributed by atoms with Gasteiger partial charge in [-0.25, -0.2) is 24.9 Å². The highest BCUT2D eigenvalue weighted by atomic mass is 19.1. The minimum absolute atomic E-state index is 0.0102. The van der Waals surface area contributed by atoms with E-state index < -0.39 is 35.6 Å². The molecule has 0 radical (unpaired) electrons. The number of rotatable bonds is 21. The molecule has 30 nitrogen and oxygen atoms in total. The minimum Gasteiger partial charge on any atom is -0.494 e. The number of ether oxygens (including phenoxy) is 5. The molecule has 1 unspecified atom stereocenters. The van der Waals surface area contributed by atoms with Crippen molar-refractivity contribution in [2.24, 2.45) is 33.0 Å². The third-order valence-electron chi connectivity index (χ3n) is 14.8. The number of halogens is 3. The Hall–Kier alpha value is -11.8. The second-order valence-electron chi connectivity index (χ2n) is 21.7. The van der Waals surface area contributed by atoms with Crippen LogP contribution in [0.1, 0.15) is 63.3 Å². The van der Waals surface area contributed by atoms with E-state index >= 15 is 0 Å². The first-order valence-corrected chi connectivity index (χ1v) is 29.9. The van der Waals surface area contributed by atoms with Crippen LogP contribution in [0.2, 0.25) is 0 Å². The van der Waals surface area contributed by atoms with Crippen LogP contribution in [0, 0.1) is 29.7 Å². The Morgan fingerprint density at radius 3 is 1.34 bits per heavy atom. The summed E-state index contributed by atoms with van der Waals surface area (Å²) >= 11 is 0. The molecule has 1 atom stereocenters. The summed E-state index contributed by atoms with van der Waals surface area (Å²) < 4.78 is 76.8.